The van der Waals surface area contributed by atoms with Crippen LogP contribution in [0.25, 0.3) is 10.8 Å². The quantitative estimate of drug-likeness (QED) is 0.473. The topological polar surface area (TPSA) is 91.6 Å². The number of aromatic nitrogens is 1. The van der Waals surface area contributed by atoms with Crippen LogP contribution in [-0.2, 0) is 4.79 Å². The van der Waals surface area contributed by atoms with Crippen molar-refractivity contribution in [3.63, 3.8) is 0 Å². The van der Waals surface area contributed by atoms with Gasteiger partial charge in [0.1, 0.15) is 0 Å². The van der Waals surface area contributed by atoms with E-state index in [2.05, 4.69) is 33.1 Å². The number of nitrogens with one attached hydrogen (secondary N) is 1. The summed E-state index contributed by atoms with van der Waals surface area (Å²) in [7, 11) is 0. The molecule has 1 atom stereocenters. The molecule has 0 spiro atoms. The number of non-ortho nitro benzene ring substituents is 1. The standard InChI is InChI=1S/C24H27N5O3/c1-17-5-3-4-6-19(17)18(2)26-24(30)16-27-11-13-28(14-12-27)22-7-8-23(29(31)32)21-15-25-10-9-20(21)22/h3-10,15,18H,11-14,16H2,1-2H3,(H,26,30)/t18-/m1/s1. The summed E-state index contributed by atoms with van der Waals surface area (Å²) in [5.41, 5.74) is 3.32. The Morgan fingerprint density at radius 2 is 1.88 bits per heavy atom. The predicted octanol–water partition coefficient (Wildman–Crippen LogP) is 3.45. The van der Waals surface area contributed by atoms with Gasteiger partial charge in [0.05, 0.1) is 22.9 Å². The van der Waals surface area contributed by atoms with E-state index in [1.54, 1.807) is 18.5 Å². The number of pyridine rings is 1. The Bertz CT molecular complexity index is 1140. The van der Waals surface area contributed by atoms with Gasteiger partial charge in [-0.25, -0.2) is 0 Å². The maximum atomic E-state index is 12.6. The van der Waals surface area contributed by atoms with E-state index in [-0.39, 0.29) is 22.6 Å². The fraction of sp³-hybridized carbons (Fsp3) is 0.333. The maximum Gasteiger partial charge on any atom is 0.278 e. The molecule has 1 N–H and O–H groups in total. The molecule has 4 rings (SSSR count). The summed E-state index contributed by atoms with van der Waals surface area (Å²) in [6, 6.07) is 13.2. The number of hydrogen-bond donors (Lipinski definition) is 1. The van der Waals surface area contributed by atoms with Crippen molar-refractivity contribution in [1.29, 1.82) is 0 Å². The van der Waals surface area contributed by atoms with Gasteiger partial charge in [-0.1, -0.05) is 24.3 Å². The zero-order valence-electron chi connectivity index (χ0n) is 18.3. The average molecular weight is 434 g/mol. The molecule has 8 heteroatoms. The number of carbonyl (C=O) groups is 1. The van der Waals surface area contributed by atoms with Gasteiger partial charge in [0.25, 0.3) is 5.69 Å². The lowest BCUT2D eigenvalue weighted by atomic mass is 10.0. The predicted molar refractivity (Wildman–Crippen MR) is 125 cm³/mol. The van der Waals surface area contributed by atoms with E-state index >= 15 is 0 Å². The number of nitro groups is 1. The van der Waals surface area contributed by atoms with Crippen molar-refractivity contribution < 1.29 is 9.72 Å². The Balaban J connectivity index is 1.38. The first-order valence-electron chi connectivity index (χ1n) is 10.8. The molecule has 2 aromatic carbocycles. The van der Waals surface area contributed by atoms with Crippen LogP contribution in [0, 0.1) is 17.0 Å². The zero-order valence-corrected chi connectivity index (χ0v) is 18.3. The second-order valence-electron chi connectivity index (χ2n) is 8.19. The minimum atomic E-state index is -0.373. The van der Waals surface area contributed by atoms with Crippen molar-refractivity contribution in [3.05, 3.63) is 76.1 Å². The van der Waals surface area contributed by atoms with Gasteiger partial charge in [-0.05, 0) is 37.1 Å². The fourth-order valence-corrected chi connectivity index (χ4v) is 4.38. The van der Waals surface area contributed by atoms with Crippen molar-refractivity contribution >= 4 is 28.1 Å². The molecule has 2 heterocycles. The van der Waals surface area contributed by atoms with E-state index in [0.29, 0.717) is 11.9 Å². The average Bonchev–Trinajstić information content (AvgIpc) is 2.79. The number of fused-ring (bicyclic) bond motifs is 1. The normalized spacial score (nSPS) is 15.5. The number of benzene rings is 2. The van der Waals surface area contributed by atoms with Gasteiger partial charge in [-0.15, -0.1) is 0 Å². The minimum absolute atomic E-state index is 0.0149. The lowest BCUT2D eigenvalue weighted by Crippen LogP contribution is -2.49. The number of nitro benzene ring substituents is 1. The van der Waals surface area contributed by atoms with Gasteiger partial charge in [0, 0.05) is 55.7 Å². The van der Waals surface area contributed by atoms with Crippen molar-refractivity contribution in [2.75, 3.05) is 37.6 Å². The number of carbonyl (C=O) groups excluding carboxylic acids is 1. The van der Waals surface area contributed by atoms with E-state index in [4.69, 9.17) is 0 Å². The summed E-state index contributed by atoms with van der Waals surface area (Å²) in [4.78, 5) is 32.0. The Labute approximate surface area is 187 Å². The molecular formula is C24H27N5O3. The Morgan fingerprint density at radius 1 is 1.12 bits per heavy atom. The first-order valence-corrected chi connectivity index (χ1v) is 10.8. The van der Waals surface area contributed by atoms with E-state index in [1.165, 1.54) is 5.56 Å². The van der Waals surface area contributed by atoms with Crippen molar-refractivity contribution in [2.24, 2.45) is 0 Å². The lowest BCUT2D eigenvalue weighted by Gasteiger charge is -2.36. The molecule has 1 aliphatic rings. The maximum absolute atomic E-state index is 12.6. The summed E-state index contributed by atoms with van der Waals surface area (Å²) >= 11 is 0. The summed E-state index contributed by atoms with van der Waals surface area (Å²) in [6.07, 6.45) is 3.21. The molecule has 1 amide bonds. The lowest BCUT2D eigenvalue weighted by molar-refractivity contribution is -0.383. The van der Waals surface area contributed by atoms with Gasteiger partial charge in [0.15, 0.2) is 0 Å². The number of rotatable bonds is 6. The molecule has 0 radical (unpaired) electrons. The van der Waals surface area contributed by atoms with Crippen LogP contribution >= 0.6 is 0 Å². The molecular weight excluding hydrogens is 406 g/mol. The summed E-state index contributed by atoms with van der Waals surface area (Å²) < 4.78 is 0. The Hall–Kier alpha value is -3.52. The summed E-state index contributed by atoms with van der Waals surface area (Å²) in [5, 5.41) is 15.8. The molecule has 1 fully saturated rings. The zero-order chi connectivity index (χ0) is 22.7. The Kier molecular flexibility index (Phi) is 6.32. The number of anilines is 1. The number of nitrogens with zero attached hydrogens (tertiary/aromatic N) is 4. The van der Waals surface area contributed by atoms with Gasteiger partial charge in [-0.2, -0.15) is 0 Å². The molecule has 1 aliphatic heterocycles. The molecule has 0 unspecified atom stereocenters. The van der Waals surface area contributed by atoms with Crippen LogP contribution < -0.4 is 10.2 Å². The van der Waals surface area contributed by atoms with Gasteiger partial charge in [-0.3, -0.25) is 24.8 Å². The van der Waals surface area contributed by atoms with Crippen LogP contribution in [0.2, 0.25) is 0 Å². The van der Waals surface area contributed by atoms with Crippen LogP contribution in [-0.4, -0.2) is 53.4 Å². The molecule has 166 valence electrons. The number of hydrogen-bond acceptors (Lipinski definition) is 6. The third-order valence-electron chi connectivity index (χ3n) is 6.08. The Morgan fingerprint density at radius 3 is 2.59 bits per heavy atom. The second-order valence-corrected chi connectivity index (χ2v) is 8.19. The minimum Gasteiger partial charge on any atom is -0.368 e. The first kappa shape index (κ1) is 21.7. The molecule has 1 aromatic heterocycles. The van der Waals surface area contributed by atoms with Crippen LogP contribution in [0.1, 0.15) is 24.1 Å². The summed E-state index contributed by atoms with van der Waals surface area (Å²) in [6.45, 7) is 7.40. The van der Waals surface area contributed by atoms with E-state index in [0.717, 1.165) is 42.8 Å². The highest BCUT2D eigenvalue weighted by Gasteiger charge is 2.23. The van der Waals surface area contributed by atoms with E-state index < -0.39 is 0 Å². The molecule has 1 saturated heterocycles. The van der Waals surface area contributed by atoms with E-state index in [9.17, 15) is 14.9 Å². The highest BCUT2D eigenvalue weighted by atomic mass is 16.6. The van der Waals surface area contributed by atoms with Crippen LogP contribution in [0.4, 0.5) is 11.4 Å². The van der Waals surface area contributed by atoms with Crippen molar-refractivity contribution in [3.8, 4) is 0 Å². The SMILES string of the molecule is Cc1ccccc1[C@@H](C)NC(=O)CN1CCN(c2ccc([N+](=O)[O-])c3cnccc23)CC1. The van der Waals surface area contributed by atoms with Crippen molar-refractivity contribution in [1.82, 2.24) is 15.2 Å². The molecule has 0 aliphatic carbocycles. The second kappa shape index (κ2) is 9.32. The number of aryl methyl sites for hydroxylation is 1. The van der Waals surface area contributed by atoms with Gasteiger partial charge < -0.3 is 10.2 Å². The first-order chi connectivity index (χ1) is 15.4. The van der Waals surface area contributed by atoms with E-state index in [1.807, 2.05) is 37.3 Å². The molecule has 0 saturated carbocycles. The largest absolute Gasteiger partial charge is 0.368 e. The number of amides is 1. The third-order valence-corrected chi connectivity index (χ3v) is 6.08. The molecule has 8 nitrogen and oxygen atoms in total. The summed E-state index contributed by atoms with van der Waals surface area (Å²) in [5.74, 6) is 0.0149. The smallest absolute Gasteiger partial charge is 0.278 e. The van der Waals surface area contributed by atoms with Crippen LogP contribution in [0.3, 0.4) is 0 Å². The molecule has 0 bridgehead atoms. The van der Waals surface area contributed by atoms with Crippen molar-refractivity contribution in [2.45, 2.75) is 19.9 Å². The highest BCUT2D eigenvalue weighted by Crippen LogP contribution is 2.33. The van der Waals surface area contributed by atoms with Gasteiger partial charge >= 0.3 is 0 Å². The number of piperazine rings is 1. The van der Waals surface area contributed by atoms with Crippen LogP contribution in [0.5, 0.6) is 0 Å². The highest BCUT2D eigenvalue weighted by molar-refractivity contribution is 5.99. The monoisotopic (exact) mass is 433 g/mol. The fourth-order valence-electron chi connectivity index (χ4n) is 4.38. The van der Waals surface area contributed by atoms with Gasteiger partial charge in [0.2, 0.25) is 5.91 Å². The molecule has 32 heavy (non-hydrogen) atoms. The van der Waals surface area contributed by atoms with Crippen LogP contribution in [0.15, 0.2) is 54.9 Å². The third kappa shape index (κ3) is 4.55. The molecule has 3 aromatic rings.